The number of thioether (sulfide) groups is 1. The van der Waals surface area contributed by atoms with Crippen molar-refractivity contribution < 1.29 is 18.3 Å². The molecule has 0 aromatic carbocycles. The van der Waals surface area contributed by atoms with E-state index in [9.17, 15) is 13.2 Å². The summed E-state index contributed by atoms with van der Waals surface area (Å²) in [5.41, 5.74) is 5.25. The third kappa shape index (κ3) is 8.33. The number of hydrogen-bond acceptors (Lipinski definition) is 5. The highest BCUT2D eigenvalue weighted by Gasteiger charge is 2.10. The molecule has 0 aromatic heterocycles. The van der Waals surface area contributed by atoms with Gasteiger partial charge in [-0.1, -0.05) is 0 Å². The Morgan fingerprint density at radius 1 is 1.50 bits per heavy atom. The Hall–Kier alpha value is -0.270. The minimum Gasteiger partial charge on any atom is -0.480 e. The Balaban J connectivity index is 3.44. The molecule has 1 atom stereocenters. The van der Waals surface area contributed by atoms with E-state index in [1.807, 2.05) is 0 Å². The Morgan fingerprint density at radius 3 is 2.50 bits per heavy atom. The first-order valence-electron chi connectivity index (χ1n) is 4.07. The zero-order valence-electron chi connectivity index (χ0n) is 7.97. The predicted molar refractivity (Wildman–Crippen MR) is 57.3 cm³/mol. The number of carboxylic acid groups (broad SMARTS) is 1. The van der Waals surface area contributed by atoms with Gasteiger partial charge in [-0.05, 0) is 12.2 Å². The van der Waals surface area contributed by atoms with E-state index in [1.165, 1.54) is 18.0 Å². The second kappa shape index (κ2) is 6.26. The van der Waals surface area contributed by atoms with Gasteiger partial charge in [0.25, 0.3) is 0 Å². The second-order valence-electron chi connectivity index (χ2n) is 2.98. The van der Waals surface area contributed by atoms with Gasteiger partial charge in [-0.3, -0.25) is 4.79 Å². The molecule has 0 fully saturated rings. The third-order valence-electron chi connectivity index (χ3n) is 1.49. The molecule has 5 nitrogen and oxygen atoms in total. The minimum atomic E-state index is -2.91. The maximum atomic E-state index is 10.7. The molecule has 0 aliphatic carbocycles. The summed E-state index contributed by atoms with van der Waals surface area (Å²) in [7, 11) is -2.91. The Kier molecular flexibility index (Phi) is 6.14. The normalized spacial score (nSPS) is 13.9. The van der Waals surface area contributed by atoms with Crippen LogP contribution in [0.3, 0.4) is 0 Å². The highest BCUT2D eigenvalue weighted by atomic mass is 32.2. The average Bonchev–Trinajstić information content (AvgIpc) is 2.01. The largest absolute Gasteiger partial charge is 0.480 e. The molecule has 0 rings (SSSR count). The van der Waals surface area contributed by atoms with E-state index in [0.717, 1.165) is 0 Å². The van der Waals surface area contributed by atoms with Crippen LogP contribution in [0.1, 0.15) is 6.42 Å². The first-order valence-corrected chi connectivity index (χ1v) is 7.28. The van der Waals surface area contributed by atoms with Gasteiger partial charge in [-0.15, -0.1) is 0 Å². The lowest BCUT2D eigenvalue weighted by molar-refractivity contribution is -0.138. The predicted octanol–water partition coefficient (Wildman–Crippen LogP) is -0.434. The van der Waals surface area contributed by atoms with E-state index in [0.29, 0.717) is 17.9 Å². The fourth-order valence-electron chi connectivity index (χ4n) is 0.646. The summed E-state index contributed by atoms with van der Waals surface area (Å²) in [5, 5.41) is 8.44. The lowest BCUT2D eigenvalue weighted by Gasteiger charge is -2.04. The van der Waals surface area contributed by atoms with Crippen molar-refractivity contribution in [2.24, 2.45) is 5.73 Å². The summed E-state index contributed by atoms with van der Waals surface area (Å²) in [6.45, 7) is 0. The third-order valence-corrected chi connectivity index (χ3v) is 3.71. The summed E-state index contributed by atoms with van der Waals surface area (Å²) in [4.78, 5) is 10.3. The molecule has 0 amide bonds. The minimum absolute atomic E-state index is 0.125. The number of rotatable bonds is 7. The van der Waals surface area contributed by atoms with Gasteiger partial charge in [0.1, 0.15) is 15.9 Å². The summed E-state index contributed by atoms with van der Waals surface area (Å²) < 4.78 is 21.4. The molecule has 1 unspecified atom stereocenters. The van der Waals surface area contributed by atoms with Gasteiger partial charge >= 0.3 is 5.97 Å². The molecule has 0 saturated carbocycles. The van der Waals surface area contributed by atoms with E-state index in [1.54, 1.807) is 0 Å². The van der Waals surface area contributed by atoms with Crippen LogP contribution < -0.4 is 5.73 Å². The Bertz CT molecular complexity index is 275. The van der Waals surface area contributed by atoms with Crippen molar-refractivity contribution >= 4 is 27.6 Å². The molecule has 3 N–H and O–H groups in total. The number of sulfone groups is 1. The van der Waals surface area contributed by atoms with Crippen LogP contribution in [0, 0.1) is 0 Å². The molecule has 0 radical (unpaired) electrons. The number of carbonyl (C=O) groups is 1. The van der Waals surface area contributed by atoms with E-state index in [2.05, 4.69) is 0 Å². The van der Waals surface area contributed by atoms with Crippen LogP contribution in [0.4, 0.5) is 0 Å². The first kappa shape index (κ1) is 13.7. The van der Waals surface area contributed by atoms with Gasteiger partial charge in [0.05, 0.1) is 5.75 Å². The Morgan fingerprint density at radius 2 is 2.07 bits per heavy atom. The van der Waals surface area contributed by atoms with Crippen LogP contribution in [0.5, 0.6) is 0 Å². The van der Waals surface area contributed by atoms with Crippen molar-refractivity contribution in [2.45, 2.75) is 12.5 Å². The summed E-state index contributed by atoms with van der Waals surface area (Å²) in [6.07, 6.45) is 1.54. The van der Waals surface area contributed by atoms with Gasteiger partial charge in [0.2, 0.25) is 0 Å². The molecule has 84 valence electrons. The van der Waals surface area contributed by atoms with Crippen LogP contribution in [-0.2, 0) is 14.6 Å². The molecule has 0 aromatic rings. The zero-order chi connectivity index (χ0) is 11.2. The van der Waals surface area contributed by atoms with Crippen LogP contribution in [-0.4, -0.2) is 49.0 Å². The first-order chi connectivity index (χ1) is 6.33. The summed E-state index contributed by atoms with van der Waals surface area (Å²) in [5.74, 6) is 0.169. The van der Waals surface area contributed by atoms with Crippen molar-refractivity contribution in [1.29, 1.82) is 0 Å². The highest BCUT2D eigenvalue weighted by molar-refractivity contribution is 8.00. The molecule has 0 bridgehead atoms. The van der Waals surface area contributed by atoms with Gasteiger partial charge in [0.15, 0.2) is 0 Å². The quantitative estimate of drug-likeness (QED) is 0.587. The molecule has 7 heteroatoms. The van der Waals surface area contributed by atoms with Crippen molar-refractivity contribution in [3.05, 3.63) is 0 Å². The van der Waals surface area contributed by atoms with Gasteiger partial charge < -0.3 is 10.8 Å². The fraction of sp³-hybridized carbons (Fsp3) is 0.857. The van der Waals surface area contributed by atoms with Crippen LogP contribution in [0.2, 0.25) is 0 Å². The lowest BCUT2D eigenvalue weighted by atomic mass is 10.2. The number of hydrogen-bond donors (Lipinski definition) is 2. The Labute approximate surface area is 88.0 Å². The monoisotopic (exact) mass is 241 g/mol. The van der Waals surface area contributed by atoms with Crippen molar-refractivity contribution in [1.82, 2.24) is 0 Å². The molecule has 0 heterocycles. The number of aliphatic carboxylic acids is 1. The maximum Gasteiger partial charge on any atom is 0.320 e. The topological polar surface area (TPSA) is 97.5 Å². The van der Waals surface area contributed by atoms with Gasteiger partial charge in [-0.25, -0.2) is 8.42 Å². The van der Waals surface area contributed by atoms with Crippen LogP contribution >= 0.6 is 11.8 Å². The smallest absolute Gasteiger partial charge is 0.320 e. The molecule has 0 saturated heterocycles. The van der Waals surface area contributed by atoms with E-state index in [4.69, 9.17) is 10.8 Å². The van der Waals surface area contributed by atoms with Crippen LogP contribution in [0.15, 0.2) is 0 Å². The van der Waals surface area contributed by atoms with Gasteiger partial charge in [0, 0.05) is 12.0 Å². The molecule has 14 heavy (non-hydrogen) atoms. The molecule has 0 aliphatic heterocycles. The molecular formula is C7H15NO4S2. The van der Waals surface area contributed by atoms with Crippen molar-refractivity contribution in [2.75, 3.05) is 23.5 Å². The molecular weight excluding hydrogens is 226 g/mol. The van der Waals surface area contributed by atoms with E-state index in [-0.39, 0.29) is 5.75 Å². The average molecular weight is 241 g/mol. The SMILES string of the molecule is CS(=O)(=O)CCSCCC(N)C(=O)O. The molecule has 0 aliphatic rings. The van der Waals surface area contributed by atoms with Crippen molar-refractivity contribution in [3.8, 4) is 0 Å². The van der Waals surface area contributed by atoms with E-state index >= 15 is 0 Å². The lowest BCUT2D eigenvalue weighted by Crippen LogP contribution is -2.30. The zero-order valence-corrected chi connectivity index (χ0v) is 9.60. The number of nitrogens with two attached hydrogens (primary N) is 1. The van der Waals surface area contributed by atoms with E-state index < -0.39 is 21.8 Å². The molecule has 0 spiro atoms. The number of carboxylic acids is 1. The standard InChI is InChI=1S/C7H15NO4S2/c1-14(11,12)5-4-13-3-2-6(8)7(9)10/h6H,2-5,8H2,1H3,(H,9,10). The van der Waals surface area contributed by atoms with Crippen molar-refractivity contribution in [3.63, 3.8) is 0 Å². The van der Waals surface area contributed by atoms with Gasteiger partial charge in [-0.2, -0.15) is 11.8 Å². The summed E-state index contributed by atoms with van der Waals surface area (Å²) >= 11 is 1.40. The maximum absolute atomic E-state index is 10.7. The summed E-state index contributed by atoms with van der Waals surface area (Å²) in [6, 6.07) is -0.847. The fourth-order valence-corrected chi connectivity index (χ4v) is 2.95. The van der Waals surface area contributed by atoms with Crippen LogP contribution in [0.25, 0.3) is 0 Å². The second-order valence-corrected chi connectivity index (χ2v) is 6.46. The highest BCUT2D eigenvalue weighted by Crippen LogP contribution is 2.05.